The number of imidazole rings is 1. The number of aliphatic hydroxyl groups excluding tert-OH is 2. The Morgan fingerprint density at radius 1 is 1.12 bits per heavy atom. The van der Waals surface area contributed by atoms with Crippen molar-refractivity contribution in [1.29, 1.82) is 0 Å². The lowest BCUT2D eigenvalue weighted by Gasteiger charge is -2.24. The van der Waals surface area contributed by atoms with Gasteiger partial charge < -0.3 is 25.6 Å². The molecule has 3 atom stereocenters. The number of aromatic amines is 1. The van der Waals surface area contributed by atoms with E-state index in [1.807, 2.05) is 30.3 Å². The number of carbonyl (C=O) groups is 2. The van der Waals surface area contributed by atoms with Crippen molar-refractivity contribution >= 4 is 50.9 Å². The Morgan fingerprint density at radius 3 is 2.66 bits per heavy atom. The standard InChI is InChI=1S/C29H24N6O6/c1-13(37)31-24-16-7-4-8-17-23(16)18(14-5-2-3-6-15(14)26(17)39)9-19(24)32-29-33-27-25(28(40)34-29)30-12-35(27)22-10-20(38)21(11-36)41-22/h2-9,12,20-22,36,38H,10-11H2,1H3,(H,31,37)(H2,32,33,34,40)/t20-,21+,22+/m0/s1. The number of nitrogens with zero attached hydrogens (tertiary/aromatic N) is 3. The molecule has 1 amide bonds. The van der Waals surface area contributed by atoms with E-state index in [2.05, 4.69) is 25.6 Å². The van der Waals surface area contributed by atoms with Crippen molar-refractivity contribution in [3.05, 3.63) is 76.3 Å². The van der Waals surface area contributed by atoms with Crippen LogP contribution in [0.1, 0.15) is 35.5 Å². The number of amides is 1. The number of carbonyl (C=O) groups excluding carboxylic acids is 2. The molecule has 206 valence electrons. The van der Waals surface area contributed by atoms with Crippen molar-refractivity contribution in [2.24, 2.45) is 0 Å². The topological polar surface area (TPSA) is 171 Å². The Bertz CT molecular complexity index is 1960. The SMILES string of the molecule is CC(=O)Nc1c(Nc2nc3c(ncn3[C@H]3C[C@H](O)[C@@H](CO)O3)c(=O)[nH]2)cc2c3c(cccc13)C(=O)c1ccccc1-2. The van der Waals surface area contributed by atoms with E-state index < -0.39 is 24.0 Å². The lowest BCUT2D eigenvalue weighted by atomic mass is 9.82. The maximum atomic E-state index is 13.3. The molecule has 12 nitrogen and oxygen atoms in total. The summed E-state index contributed by atoms with van der Waals surface area (Å²) >= 11 is 0. The van der Waals surface area contributed by atoms with E-state index in [1.165, 1.54) is 13.3 Å². The van der Waals surface area contributed by atoms with Crippen LogP contribution in [0.25, 0.3) is 33.1 Å². The summed E-state index contributed by atoms with van der Waals surface area (Å²) in [5.41, 5.74) is 3.31. The van der Waals surface area contributed by atoms with Gasteiger partial charge in [-0.1, -0.05) is 42.5 Å². The van der Waals surface area contributed by atoms with Gasteiger partial charge in [0.05, 0.1) is 30.4 Å². The molecule has 3 aromatic carbocycles. The quantitative estimate of drug-likeness (QED) is 0.216. The zero-order valence-corrected chi connectivity index (χ0v) is 21.7. The van der Waals surface area contributed by atoms with Gasteiger partial charge in [-0.05, 0) is 17.2 Å². The van der Waals surface area contributed by atoms with Crippen LogP contribution in [0.15, 0.2) is 59.7 Å². The summed E-state index contributed by atoms with van der Waals surface area (Å²) in [5, 5.41) is 27.1. The van der Waals surface area contributed by atoms with Gasteiger partial charge >= 0.3 is 0 Å². The highest BCUT2D eigenvalue weighted by Gasteiger charge is 2.35. The molecule has 1 aliphatic carbocycles. The fourth-order valence-electron chi connectivity index (χ4n) is 5.73. The van der Waals surface area contributed by atoms with E-state index in [0.29, 0.717) is 27.9 Å². The van der Waals surface area contributed by atoms with Gasteiger partial charge in [-0.25, -0.2) is 4.98 Å². The van der Waals surface area contributed by atoms with E-state index >= 15 is 0 Å². The first kappa shape index (κ1) is 25.1. The van der Waals surface area contributed by atoms with Gasteiger partial charge in [-0.2, -0.15) is 4.98 Å². The highest BCUT2D eigenvalue weighted by atomic mass is 16.5. The van der Waals surface area contributed by atoms with Gasteiger partial charge in [-0.3, -0.25) is 23.9 Å². The fourth-order valence-corrected chi connectivity index (χ4v) is 5.73. The zero-order valence-electron chi connectivity index (χ0n) is 21.7. The number of aromatic nitrogens is 4. The summed E-state index contributed by atoms with van der Waals surface area (Å²) in [6.45, 7) is 1.04. The third kappa shape index (κ3) is 3.91. The molecule has 41 heavy (non-hydrogen) atoms. The molecule has 2 aromatic heterocycles. The maximum absolute atomic E-state index is 13.3. The van der Waals surface area contributed by atoms with Crippen LogP contribution in [-0.2, 0) is 9.53 Å². The van der Waals surface area contributed by atoms with Gasteiger partial charge in [0.15, 0.2) is 16.9 Å². The lowest BCUT2D eigenvalue weighted by Crippen LogP contribution is -2.24. The molecule has 1 saturated heterocycles. The van der Waals surface area contributed by atoms with Crippen LogP contribution in [0, 0.1) is 0 Å². The number of ketones is 1. The summed E-state index contributed by atoms with van der Waals surface area (Å²) in [4.78, 5) is 50.1. The summed E-state index contributed by atoms with van der Waals surface area (Å²) in [7, 11) is 0. The van der Waals surface area contributed by atoms with Gasteiger partial charge in [0.25, 0.3) is 5.56 Å². The maximum Gasteiger partial charge on any atom is 0.280 e. The van der Waals surface area contributed by atoms with Crippen molar-refractivity contribution in [2.75, 3.05) is 17.2 Å². The van der Waals surface area contributed by atoms with Gasteiger partial charge in [0, 0.05) is 35.2 Å². The number of aliphatic hydroxyl groups is 2. The van der Waals surface area contributed by atoms with Crippen molar-refractivity contribution in [3.63, 3.8) is 0 Å². The number of hydrogen-bond donors (Lipinski definition) is 5. The van der Waals surface area contributed by atoms with E-state index in [0.717, 1.165) is 16.5 Å². The first-order valence-electron chi connectivity index (χ1n) is 13.0. The molecule has 0 saturated carbocycles. The molecule has 0 spiro atoms. The number of nitrogens with one attached hydrogen (secondary N) is 3. The van der Waals surface area contributed by atoms with Gasteiger partial charge in [0.2, 0.25) is 11.9 Å². The number of benzene rings is 3. The van der Waals surface area contributed by atoms with Crippen molar-refractivity contribution in [3.8, 4) is 11.1 Å². The van der Waals surface area contributed by atoms with Crippen molar-refractivity contribution in [2.45, 2.75) is 31.8 Å². The lowest BCUT2D eigenvalue weighted by molar-refractivity contribution is -0.114. The smallest absolute Gasteiger partial charge is 0.280 e. The predicted octanol–water partition coefficient (Wildman–Crippen LogP) is 2.83. The van der Waals surface area contributed by atoms with Crippen LogP contribution in [-0.4, -0.2) is 60.2 Å². The van der Waals surface area contributed by atoms with E-state index in [9.17, 15) is 24.6 Å². The normalized spacial score (nSPS) is 19.5. The van der Waals surface area contributed by atoms with Crippen molar-refractivity contribution < 1.29 is 24.5 Å². The Balaban J connectivity index is 1.40. The molecule has 5 N–H and O–H groups in total. The second kappa shape index (κ2) is 9.34. The molecular weight excluding hydrogens is 528 g/mol. The summed E-state index contributed by atoms with van der Waals surface area (Å²) in [6.07, 6.45) is -0.717. The first-order valence-corrected chi connectivity index (χ1v) is 13.0. The zero-order chi connectivity index (χ0) is 28.4. The minimum absolute atomic E-state index is 0.0776. The van der Waals surface area contributed by atoms with Gasteiger partial charge in [0.1, 0.15) is 12.3 Å². The second-order valence-corrected chi connectivity index (χ2v) is 10.1. The molecule has 2 aliphatic rings. The predicted molar refractivity (Wildman–Crippen MR) is 150 cm³/mol. The van der Waals surface area contributed by atoms with E-state index in [4.69, 9.17) is 4.74 Å². The molecule has 1 fully saturated rings. The van der Waals surface area contributed by atoms with Crippen LogP contribution in [0.3, 0.4) is 0 Å². The van der Waals surface area contributed by atoms with Crippen LogP contribution in [0.2, 0.25) is 0 Å². The van der Waals surface area contributed by atoms with E-state index in [1.54, 1.807) is 22.8 Å². The van der Waals surface area contributed by atoms with Crippen molar-refractivity contribution in [1.82, 2.24) is 19.5 Å². The number of H-pyrrole nitrogens is 1. The van der Waals surface area contributed by atoms with Crippen LogP contribution in [0.4, 0.5) is 17.3 Å². The highest BCUT2D eigenvalue weighted by Crippen LogP contribution is 2.45. The van der Waals surface area contributed by atoms with E-state index in [-0.39, 0.29) is 41.8 Å². The van der Waals surface area contributed by atoms with Gasteiger partial charge in [-0.15, -0.1) is 0 Å². The number of anilines is 3. The minimum atomic E-state index is -0.878. The fraction of sp³-hybridized carbons (Fsp3) is 0.207. The Labute approximate surface area is 231 Å². The average Bonchev–Trinajstić information content (AvgIpc) is 3.56. The average molecular weight is 553 g/mol. The Hall–Kier alpha value is -4.91. The molecule has 0 bridgehead atoms. The third-order valence-corrected chi connectivity index (χ3v) is 7.55. The number of fused-ring (bicyclic) bond motifs is 3. The van der Waals surface area contributed by atoms with Crippen LogP contribution < -0.4 is 16.2 Å². The molecule has 5 aromatic rings. The molecule has 12 heteroatoms. The number of ether oxygens (including phenoxy) is 1. The highest BCUT2D eigenvalue weighted by molar-refractivity contribution is 6.28. The summed E-state index contributed by atoms with van der Waals surface area (Å²) < 4.78 is 7.29. The summed E-state index contributed by atoms with van der Waals surface area (Å²) in [5.74, 6) is -0.335. The number of rotatable bonds is 5. The van der Waals surface area contributed by atoms with Crippen LogP contribution in [0.5, 0.6) is 0 Å². The monoisotopic (exact) mass is 552 g/mol. The second-order valence-electron chi connectivity index (χ2n) is 10.1. The van der Waals surface area contributed by atoms with Crippen LogP contribution >= 0.6 is 0 Å². The Morgan fingerprint density at radius 2 is 1.90 bits per heavy atom. The number of hydrogen-bond acceptors (Lipinski definition) is 9. The molecule has 7 rings (SSSR count). The molecule has 3 heterocycles. The molecule has 1 aliphatic heterocycles. The molecule has 0 radical (unpaired) electrons. The Kier molecular flexibility index (Phi) is 5.71. The molecular formula is C29H24N6O6. The third-order valence-electron chi connectivity index (χ3n) is 7.55. The molecule has 0 unspecified atom stereocenters. The summed E-state index contributed by atoms with van der Waals surface area (Å²) in [6, 6.07) is 14.5. The minimum Gasteiger partial charge on any atom is -0.394 e. The first-order chi connectivity index (χ1) is 19.8. The largest absolute Gasteiger partial charge is 0.394 e.